The molecule has 29 heavy (non-hydrogen) atoms. The first-order valence-corrected chi connectivity index (χ1v) is 9.48. The molecule has 0 saturated carbocycles. The molecule has 1 heterocycles. The van der Waals surface area contributed by atoms with Crippen molar-refractivity contribution in [1.29, 1.82) is 0 Å². The van der Waals surface area contributed by atoms with Gasteiger partial charge in [-0.25, -0.2) is 4.79 Å². The van der Waals surface area contributed by atoms with Crippen molar-refractivity contribution in [1.82, 2.24) is 5.32 Å². The Balaban J connectivity index is 1.65. The average Bonchev–Trinajstić information content (AvgIpc) is 3.13. The Morgan fingerprint density at radius 2 is 1.97 bits per heavy atom. The molecule has 3 rings (SSSR count). The quantitative estimate of drug-likeness (QED) is 0.750. The molecular formula is C22H24N2O5. The number of carbonyl (C=O) groups is 3. The number of nitrogens with zero attached hydrogens (tertiary/aromatic N) is 1. The summed E-state index contributed by atoms with van der Waals surface area (Å²) in [5.41, 5.74) is 3.04. The van der Waals surface area contributed by atoms with Gasteiger partial charge in [0.25, 0.3) is 5.91 Å². The zero-order valence-corrected chi connectivity index (χ0v) is 16.5. The number of hydrogen-bond donors (Lipinski definition) is 2. The third-order valence-corrected chi connectivity index (χ3v) is 5.08. The highest BCUT2D eigenvalue weighted by molar-refractivity contribution is 5.95. The zero-order chi connectivity index (χ0) is 21.0. The van der Waals surface area contributed by atoms with E-state index in [1.54, 1.807) is 35.2 Å². The zero-order valence-electron chi connectivity index (χ0n) is 16.5. The summed E-state index contributed by atoms with van der Waals surface area (Å²) < 4.78 is 5.53. The number of aliphatic carboxylic acids is 1. The predicted octanol–water partition coefficient (Wildman–Crippen LogP) is 2.75. The summed E-state index contributed by atoms with van der Waals surface area (Å²) >= 11 is 0. The SMILES string of the molecule is Cc1cccc(C(NC(=O)COc2cccc(N3CCCC3=O)c2)C(=O)O)c1C. The molecule has 1 fully saturated rings. The predicted molar refractivity (Wildman–Crippen MR) is 108 cm³/mol. The maximum Gasteiger partial charge on any atom is 0.330 e. The number of anilines is 1. The van der Waals surface area contributed by atoms with E-state index in [0.717, 1.165) is 23.2 Å². The number of amides is 2. The Hall–Kier alpha value is -3.35. The number of rotatable bonds is 7. The van der Waals surface area contributed by atoms with Gasteiger partial charge in [-0.05, 0) is 49.1 Å². The van der Waals surface area contributed by atoms with Crippen molar-refractivity contribution < 1.29 is 24.2 Å². The van der Waals surface area contributed by atoms with Crippen molar-refractivity contribution in [2.75, 3.05) is 18.1 Å². The van der Waals surface area contributed by atoms with E-state index in [9.17, 15) is 19.5 Å². The Bertz CT molecular complexity index is 941. The molecular weight excluding hydrogens is 372 g/mol. The number of carboxylic acids is 1. The van der Waals surface area contributed by atoms with E-state index in [2.05, 4.69) is 5.32 Å². The van der Waals surface area contributed by atoms with Crippen molar-refractivity contribution in [3.8, 4) is 5.75 Å². The molecule has 1 unspecified atom stereocenters. The average molecular weight is 396 g/mol. The standard InChI is InChI=1S/C22H24N2O5/c1-14-6-3-9-18(15(14)2)21(22(27)28)23-19(25)13-29-17-8-4-7-16(12-17)24-11-5-10-20(24)26/h3-4,6-9,12,21H,5,10-11,13H2,1-2H3,(H,23,25)(H,27,28). The van der Waals surface area contributed by atoms with Gasteiger partial charge in [-0.2, -0.15) is 0 Å². The molecule has 7 nitrogen and oxygen atoms in total. The van der Waals surface area contributed by atoms with Gasteiger partial charge in [0.15, 0.2) is 12.6 Å². The molecule has 0 aromatic heterocycles. The summed E-state index contributed by atoms with van der Waals surface area (Å²) in [4.78, 5) is 37.6. The number of aryl methyl sites for hydroxylation is 1. The van der Waals surface area contributed by atoms with Crippen LogP contribution in [-0.4, -0.2) is 36.0 Å². The highest BCUT2D eigenvalue weighted by atomic mass is 16.5. The van der Waals surface area contributed by atoms with Gasteiger partial charge < -0.3 is 20.1 Å². The molecule has 0 radical (unpaired) electrons. The van der Waals surface area contributed by atoms with Gasteiger partial charge in [-0.1, -0.05) is 24.3 Å². The summed E-state index contributed by atoms with van der Waals surface area (Å²) in [6.45, 7) is 4.06. The second-order valence-electron chi connectivity index (χ2n) is 7.06. The van der Waals surface area contributed by atoms with E-state index < -0.39 is 17.9 Å². The lowest BCUT2D eigenvalue weighted by Crippen LogP contribution is -2.37. The maximum atomic E-state index is 12.3. The molecule has 1 aliphatic heterocycles. The molecule has 1 aliphatic rings. The van der Waals surface area contributed by atoms with Crippen molar-refractivity contribution in [2.45, 2.75) is 32.7 Å². The van der Waals surface area contributed by atoms with E-state index in [1.165, 1.54) is 0 Å². The van der Waals surface area contributed by atoms with Crippen molar-refractivity contribution in [2.24, 2.45) is 0 Å². The summed E-state index contributed by atoms with van der Waals surface area (Å²) in [5, 5.41) is 12.1. The van der Waals surface area contributed by atoms with E-state index in [0.29, 0.717) is 24.3 Å². The Morgan fingerprint density at radius 1 is 1.21 bits per heavy atom. The Labute approximate surface area is 169 Å². The topological polar surface area (TPSA) is 95.9 Å². The van der Waals surface area contributed by atoms with E-state index in [-0.39, 0.29) is 12.5 Å². The summed E-state index contributed by atoms with van der Waals surface area (Å²) in [6, 6.07) is 11.2. The van der Waals surface area contributed by atoms with Crippen LogP contribution < -0.4 is 15.0 Å². The number of benzene rings is 2. The van der Waals surface area contributed by atoms with Crippen LogP contribution in [0, 0.1) is 13.8 Å². The minimum atomic E-state index is -1.15. The molecule has 7 heteroatoms. The van der Waals surface area contributed by atoms with Gasteiger partial charge in [0.2, 0.25) is 5.91 Å². The minimum Gasteiger partial charge on any atom is -0.484 e. The van der Waals surface area contributed by atoms with Crippen LogP contribution in [0.4, 0.5) is 5.69 Å². The van der Waals surface area contributed by atoms with E-state index >= 15 is 0 Å². The fourth-order valence-electron chi connectivity index (χ4n) is 3.37. The summed E-state index contributed by atoms with van der Waals surface area (Å²) in [6.07, 6.45) is 1.35. The smallest absolute Gasteiger partial charge is 0.330 e. The van der Waals surface area contributed by atoms with Gasteiger partial charge in [0.05, 0.1) is 0 Å². The summed E-state index contributed by atoms with van der Waals surface area (Å²) in [5.74, 6) is -1.17. The number of carbonyl (C=O) groups excluding carboxylic acids is 2. The molecule has 1 saturated heterocycles. The first-order chi connectivity index (χ1) is 13.9. The van der Waals surface area contributed by atoms with Crippen LogP contribution in [0.25, 0.3) is 0 Å². The van der Waals surface area contributed by atoms with E-state index in [1.807, 2.05) is 26.0 Å². The second-order valence-corrected chi connectivity index (χ2v) is 7.06. The fourth-order valence-corrected chi connectivity index (χ4v) is 3.37. The molecule has 2 amide bonds. The molecule has 2 N–H and O–H groups in total. The third kappa shape index (κ3) is 4.74. The lowest BCUT2D eigenvalue weighted by Gasteiger charge is -2.19. The third-order valence-electron chi connectivity index (χ3n) is 5.08. The molecule has 0 aliphatic carbocycles. The highest BCUT2D eigenvalue weighted by Crippen LogP contribution is 2.25. The lowest BCUT2D eigenvalue weighted by atomic mass is 9.97. The first kappa shape index (κ1) is 20.4. The van der Waals surface area contributed by atoms with Crippen molar-refractivity contribution in [3.63, 3.8) is 0 Å². The second kappa shape index (κ2) is 8.77. The van der Waals surface area contributed by atoms with Crippen LogP contribution in [0.2, 0.25) is 0 Å². The van der Waals surface area contributed by atoms with Gasteiger partial charge in [0.1, 0.15) is 5.75 Å². The van der Waals surface area contributed by atoms with Crippen LogP contribution in [0.3, 0.4) is 0 Å². The van der Waals surface area contributed by atoms with Gasteiger partial charge >= 0.3 is 5.97 Å². The van der Waals surface area contributed by atoms with E-state index in [4.69, 9.17) is 4.74 Å². The molecule has 2 aromatic rings. The summed E-state index contributed by atoms with van der Waals surface area (Å²) in [7, 11) is 0. The van der Waals surface area contributed by atoms with Crippen molar-refractivity contribution >= 4 is 23.5 Å². The molecule has 0 bridgehead atoms. The van der Waals surface area contributed by atoms with Crippen LogP contribution in [0.15, 0.2) is 42.5 Å². The van der Waals surface area contributed by atoms with Gasteiger partial charge in [0, 0.05) is 24.7 Å². The van der Waals surface area contributed by atoms with Crippen LogP contribution in [-0.2, 0) is 14.4 Å². The monoisotopic (exact) mass is 396 g/mol. The fraction of sp³-hybridized carbons (Fsp3) is 0.318. The van der Waals surface area contributed by atoms with Crippen LogP contribution >= 0.6 is 0 Å². The Kier molecular flexibility index (Phi) is 6.16. The normalized spacial score (nSPS) is 14.6. The molecule has 0 spiro atoms. The first-order valence-electron chi connectivity index (χ1n) is 9.48. The largest absolute Gasteiger partial charge is 0.484 e. The number of carboxylic acid groups (broad SMARTS) is 1. The van der Waals surface area contributed by atoms with Crippen LogP contribution in [0.5, 0.6) is 5.75 Å². The van der Waals surface area contributed by atoms with Gasteiger partial charge in [-0.3, -0.25) is 9.59 Å². The highest BCUT2D eigenvalue weighted by Gasteiger charge is 2.25. The lowest BCUT2D eigenvalue weighted by molar-refractivity contribution is -0.142. The number of nitrogens with one attached hydrogen (secondary N) is 1. The number of ether oxygens (including phenoxy) is 1. The minimum absolute atomic E-state index is 0.0673. The maximum absolute atomic E-state index is 12.3. The number of hydrogen-bond acceptors (Lipinski definition) is 4. The molecule has 152 valence electrons. The molecule has 1 atom stereocenters. The van der Waals surface area contributed by atoms with Crippen LogP contribution in [0.1, 0.15) is 35.6 Å². The van der Waals surface area contributed by atoms with Gasteiger partial charge in [-0.15, -0.1) is 0 Å². The molecule has 2 aromatic carbocycles. The Morgan fingerprint density at radius 3 is 2.66 bits per heavy atom. The van der Waals surface area contributed by atoms with Crippen molar-refractivity contribution in [3.05, 3.63) is 59.2 Å².